The third kappa shape index (κ3) is 3.84. The Kier molecular flexibility index (Phi) is 4.90. The smallest absolute Gasteiger partial charge is 0.329 e. The molecule has 0 bridgehead atoms. The molecule has 1 aromatic carbocycles. The third-order valence-corrected chi connectivity index (χ3v) is 3.40. The van der Waals surface area contributed by atoms with Gasteiger partial charge in [-0.2, -0.15) is 0 Å². The van der Waals surface area contributed by atoms with Gasteiger partial charge in [0.25, 0.3) is 0 Å². The molecule has 0 radical (unpaired) electrons. The lowest BCUT2D eigenvalue weighted by Crippen LogP contribution is -2.52. The van der Waals surface area contributed by atoms with Crippen LogP contribution in [0, 0.1) is 0 Å². The van der Waals surface area contributed by atoms with Gasteiger partial charge in [0.2, 0.25) is 5.91 Å². The van der Waals surface area contributed by atoms with E-state index in [-0.39, 0.29) is 12.3 Å². The Morgan fingerprint density at radius 3 is 2.33 bits per heavy atom. The van der Waals surface area contributed by atoms with Crippen LogP contribution >= 0.6 is 15.9 Å². The van der Waals surface area contributed by atoms with Gasteiger partial charge in [-0.1, -0.05) is 35.0 Å². The molecular weight excluding hydrogens is 298 g/mol. The van der Waals surface area contributed by atoms with Gasteiger partial charge in [0, 0.05) is 4.47 Å². The Morgan fingerprint density at radius 1 is 1.33 bits per heavy atom. The number of halogens is 1. The van der Waals surface area contributed by atoms with Crippen LogP contribution in [-0.2, 0) is 16.0 Å². The average molecular weight is 314 g/mol. The van der Waals surface area contributed by atoms with E-state index in [0.29, 0.717) is 6.42 Å². The molecule has 0 aliphatic heterocycles. The Balaban J connectivity index is 2.66. The van der Waals surface area contributed by atoms with Crippen molar-refractivity contribution in [2.75, 3.05) is 0 Å². The Bertz CT molecular complexity index is 444. The Labute approximate surface area is 115 Å². The molecular formula is C13H16BrNO3. The lowest BCUT2D eigenvalue weighted by Gasteiger charge is -2.24. The zero-order valence-electron chi connectivity index (χ0n) is 10.4. The average Bonchev–Trinajstić information content (AvgIpc) is 2.31. The van der Waals surface area contributed by atoms with E-state index in [1.54, 1.807) is 6.92 Å². The molecule has 1 amide bonds. The molecule has 18 heavy (non-hydrogen) atoms. The first-order valence-electron chi connectivity index (χ1n) is 5.66. The molecule has 1 atom stereocenters. The van der Waals surface area contributed by atoms with Crippen LogP contribution in [0.3, 0.4) is 0 Å². The van der Waals surface area contributed by atoms with Gasteiger partial charge >= 0.3 is 5.97 Å². The fraction of sp³-hybridized carbons (Fsp3) is 0.385. The highest BCUT2D eigenvalue weighted by atomic mass is 79.9. The molecule has 4 nitrogen and oxygen atoms in total. The van der Waals surface area contributed by atoms with Gasteiger partial charge in [0.1, 0.15) is 5.54 Å². The van der Waals surface area contributed by atoms with Crippen molar-refractivity contribution in [1.82, 2.24) is 5.32 Å². The number of carboxylic acids is 1. The van der Waals surface area contributed by atoms with Crippen LogP contribution in [0.25, 0.3) is 0 Å². The van der Waals surface area contributed by atoms with Gasteiger partial charge in [-0.3, -0.25) is 4.79 Å². The molecule has 1 rings (SSSR count). The van der Waals surface area contributed by atoms with Crippen molar-refractivity contribution in [3.8, 4) is 0 Å². The highest BCUT2D eigenvalue weighted by Gasteiger charge is 2.32. The summed E-state index contributed by atoms with van der Waals surface area (Å²) in [5, 5.41) is 11.6. The van der Waals surface area contributed by atoms with Gasteiger partial charge in [-0.15, -0.1) is 0 Å². The number of benzene rings is 1. The largest absolute Gasteiger partial charge is 0.480 e. The van der Waals surface area contributed by atoms with Crippen LogP contribution in [0.5, 0.6) is 0 Å². The maximum absolute atomic E-state index is 11.8. The quantitative estimate of drug-likeness (QED) is 0.877. The molecule has 0 aromatic heterocycles. The SMILES string of the molecule is CCC(C)(NC(=O)Cc1ccc(Br)cc1)C(=O)O. The second-order valence-corrected chi connectivity index (χ2v) is 5.26. The van der Waals surface area contributed by atoms with Gasteiger partial charge in [-0.25, -0.2) is 4.79 Å². The summed E-state index contributed by atoms with van der Waals surface area (Å²) in [5.41, 5.74) is -0.355. The second kappa shape index (κ2) is 6.00. The van der Waals surface area contributed by atoms with Gasteiger partial charge < -0.3 is 10.4 Å². The minimum absolute atomic E-state index is 0.177. The van der Waals surface area contributed by atoms with E-state index in [4.69, 9.17) is 5.11 Å². The number of hydrogen-bond acceptors (Lipinski definition) is 2. The topological polar surface area (TPSA) is 66.4 Å². The number of hydrogen-bond donors (Lipinski definition) is 2. The molecule has 0 aliphatic rings. The van der Waals surface area contributed by atoms with Crippen LogP contribution in [0.15, 0.2) is 28.7 Å². The predicted octanol–water partition coefficient (Wildman–Crippen LogP) is 2.36. The van der Waals surface area contributed by atoms with Gasteiger partial charge in [0.15, 0.2) is 0 Å². The van der Waals surface area contributed by atoms with Crippen LogP contribution in [0.4, 0.5) is 0 Å². The molecule has 0 aliphatic carbocycles. The molecule has 0 saturated heterocycles. The van der Waals surface area contributed by atoms with Crippen LogP contribution in [0.2, 0.25) is 0 Å². The summed E-state index contributed by atoms with van der Waals surface area (Å²) in [4.78, 5) is 22.9. The summed E-state index contributed by atoms with van der Waals surface area (Å²) in [6.45, 7) is 3.24. The monoisotopic (exact) mass is 313 g/mol. The van der Waals surface area contributed by atoms with E-state index in [1.807, 2.05) is 24.3 Å². The molecule has 5 heteroatoms. The van der Waals surface area contributed by atoms with Crippen molar-refractivity contribution in [3.05, 3.63) is 34.3 Å². The highest BCUT2D eigenvalue weighted by Crippen LogP contribution is 2.13. The van der Waals surface area contributed by atoms with Gasteiger partial charge in [-0.05, 0) is 31.0 Å². The first-order chi connectivity index (χ1) is 8.37. The van der Waals surface area contributed by atoms with Crippen LogP contribution in [-0.4, -0.2) is 22.5 Å². The summed E-state index contributed by atoms with van der Waals surface area (Å²) < 4.78 is 0.940. The van der Waals surface area contributed by atoms with Crippen molar-refractivity contribution >= 4 is 27.8 Å². The number of nitrogens with one attached hydrogen (secondary N) is 1. The minimum atomic E-state index is -1.20. The van der Waals surface area contributed by atoms with E-state index < -0.39 is 11.5 Å². The van der Waals surface area contributed by atoms with Crippen molar-refractivity contribution < 1.29 is 14.7 Å². The standard InChI is InChI=1S/C13H16BrNO3/c1-3-13(2,12(17)18)15-11(16)8-9-4-6-10(14)7-5-9/h4-7H,3,8H2,1-2H3,(H,15,16)(H,17,18). The van der Waals surface area contributed by atoms with Gasteiger partial charge in [0.05, 0.1) is 6.42 Å². The molecule has 2 N–H and O–H groups in total. The van der Waals surface area contributed by atoms with Crippen molar-refractivity contribution in [3.63, 3.8) is 0 Å². The first kappa shape index (κ1) is 14.7. The highest BCUT2D eigenvalue weighted by molar-refractivity contribution is 9.10. The number of carbonyl (C=O) groups is 2. The Hall–Kier alpha value is -1.36. The molecule has 1 unspecified atom stereocenters. The molecule has 98 valence electrons. The lowest BCUT2D eigenvalue weighted by molar-refractivity contribution is -0.146. The predicted molar refractivity (Wildman–Crippen MR) is 72.3 cm³/mol. The van der Waals surface area contributed by atoms with E-state index in [2.05, 4.69) is 21.2 Å². The fourth-order valence-corrected chi connectivity index (χ4v) is 1.70. The Morgan fingerprint density at radius 2 is 1.89 bits per heavy atom. The molecule has 0 spiro atoms. The lowest BCUT2D eigenvalue weighted by atomic mass is 9.98. The maximum Gasteiger partial charge on any atom is 0.329 e. The molecule has 0 saturated carbocycles. The second-order valence-electron chi connectivity index (χ2n) is 4.34. The summed E-state index contributed by atoms with van der Waals surface area (Å²) in [5.74, 6) is -1.31. The normalized spacial score (nSPS) is 13.7. The van der Waals surface area contributed by atoms with E-state index in [0.717, 1.165) is 10.0 Å². The van der Waals surface area contributed by atoms with Crippen LogP contribution < -0.4 is 5.32 Å². The number of carboxylic acid groups (broad SMARTS) is 1. The van der Waals surface area contributed by atoms with Crippen molar-refractivity contribution in [2.45, 2.75) is 32.2 Å². The molecule has 0 fully saturated rings. The third-order valence-electron chi connectivity index (χ3n) is 2.87. The van der Waals surface area contributed by atoms with Crippen molar-refractivity contribution in [1.29, 1.82) is 0 Å². The summed E-state index contributed by atoms with van der Waals surface area (Å²) in [6.07, 6.45) is 0.518. The summed E-state index contributed by atoms with van der Waals surface area (Å²) >= 11 is 3.31. The maximum atomic E-state index is 11.8. The van der Waals surface area contributed by atoms with Crippen molar-refractivity contribution in [2.24, 2.45) is 0 Å². The van der Waals surface area contributed by atoms with E-state index in [9.17, 15) is 9.59 Å². The zero-order valence-corrected chi connectivity index (χ0v) is 12.0. The number of carbonyl (C=O) groups excluding carboxylic acids is 1. The number of rotatable bonds is 5. The van der Waals surface area contributed by atoms with Crippen LogP contribution in [0.1, 0.15) is 25.8 Å². The summed E-state index contributed by atoms with van der Waals surface area (Å²) in [6, 6.07) is 7.35. The van der Waals surface area contributed by atoms with E-state index >= 15 is 0 Å². The summed E-state index contributed by atoms with van der Waals surface area (Å²) in [7, 11) is 0. The number of amides is 1. The minimum Gasteiger partial charge on any atom is -0.480 e. The fourth-order valence-electron chi connectivity index (χ4n) is 1.43. The molecule has 0 heterocycles. The number of aliphatic carboxylic acids is 1. The molecule has 1 aromatic rings. The van der Waals surface area contributed by atoms with E-state index in [1.165, 1.54) is 6.92 Å². The first-order valence-corrected chi connectivity index (χ1v) is 6.45. The zero-order chi connectivity index (χ0) is 13.8.